The van der Waals surface area contributed by atoms with E-state index in [2.05, 4.69) is 0 Å². The van der Waals surface area contributed by atoms with Gasteiger partial charge < -0.3 is 14.6 Å². The Hall–Kier alpha value is -2.78. The average molecular weight is 315 g/mol. The molecule has 2 aromatic rings. The molecule has 0 unspecified atom stereocenters. The molecule has 0 fully saturated rings. The number of hydrogen-bond acceptors (Lipinski definition) is 5. The molecule has 0 aliphatic rings. The summed E-state index contributed by atoms with van der Waals surface area (Å²) in [5, 5.41) is 17.7. The number of ether oxygens (including phenoxy) is 2. The summed E-state index contributed by atoms with van der Waals surface area (Å²) in [5.41, 5.74) is 0.580. The third-order valence-corrected chi connectivity index (χ3v) is 4.00. The van der Waals surface area contributed by atoms with Crippen LogP contribution in [0.5, 0.6) is 11.5 Å². The first-order chi connectivity index (χ1) is 10.6. The van der Waals surface area contributed by atoms with Gasteiger partial charge in [0.25, 0.3) is 0 Å². The lowest BCUT2D eigenvalue weighted by Crippen LogP contribution is -1.96. The molecule has 22 heavy (non-hydrogen) atoms. The van der Waals surface area contributed by atoms with Crippen molar-refractivity contribution in [3.8, 4) is 28.0 Å². The van der Waals surface area contributed by atoms with Gasteiger partial charge >= 0.3 is 5.97 Å². The highest BCUT2D eigenvalue weighted by Crippen LogP contribution is 2.37. The van der Waals surface area contributed by atoms with E-state index in [1.54, 1.807) is 32.4 Å². The van der Waals surface area contributed by atoms with E-state index >= 15 is 0 Å². The van der Waals surface area contributed by atoms with Crippen LogP contribution < -0.4 is 9.47 Å². The number of methoxy groups -OCH3 is 2. The SMILES string of the molecule is COc1ccc(-c2ccc(/C=C(/C#N)C(=O)O)s2)c(OC)c1. The van der Waals surface area contributed by atoms with Gasteiger partial charge in [-0.3, -0.25) is 0 Å². The minimum atomic E-state index is -1.24. The lowest BCUT2D eigenvalue weighted by Gasteiger charge is -2.08. The Morgan fingerprint density at radius 3 is 2.64 bits per heavy atom. The zero-order valence-electron chi connectivity index (χ0n) is 12.0. The first-order valence-electron chi connectivity index (χ1n) is 6.26. The molecule has 0 radical (unpaired) electrons. The Morgan fingerprint density at radius 1 is 1.27 bits per heavy atom. The van der Waals surface area contributed by atoms with Crippen molar-refractivity contribution < 1.29 is 19.4 Å². The van der Waals surface area contributed by atoms with E-state index < -0.39 is 5.97 Å². The molecule has 0 bridgehead atoms. The van der Waals surface area contributed by atoms with Crippen molar-refractivity contribution >= 4 is 23.4 Å². The summed E-state index contributed by atoms with van der Waals surface area (Å²) in [4.78, 5) is 12.5. The molecule has 0 aliphatic heterocycles. The van der Waals surface area contributed by atoms with Crippen LogP contribution in [0.4, 0.5) is 0 Å². The predicted octanol–water partition coefficient (Wildman–Crippen LogP) is 3.42. The van der Waals surface area contributed by atoms with E-state index in [1.165, 1.54) is 17.4 Å². The highest BCUT2D eigenvalue weighted by molar-refractivity contribution is 7.16. The maximum Gasteiger partial charge on any atom is 0.346 e. The molecule has 0 atom stereocenters. The molecule has 0 amide bonds. The quantitative estimate of drug-likeness (QED) is 0.675. The highest BCUT2D eigenvalue weighted by Gasteiger charge is 2.11. The van der Waals surface area contributed by atoms with Gasteiger partial charge in [-0.1, -0.05) is 0 Å². The first-order valence-corrected chi connectivity index (χ1v) is 7.08. The van der Waals surface area contributed by atoms with E-state index in [-0.39, 0.29) is 5.57 Å². The molecular formula is C16H13NO4S. The second-order valence-corrected chi connectivity index (χ2v) is 5.36. The number of nitriles is 1. The number of carbonyl (C=O) groups is 1. The van der Waals surface area contributed by atoms with E-state index in [4.69, 9.17) is 19.8 Å². The van der Waals surface area contributed by atoms with Crippen molar-refractivity contribution in [2.24, 2.45) is 0 Å². The number of hydrogen-bond donors (Lipinski definition) is 1. The van der Waals surface area contributed by atoms with Gasteiger partial charge in [-0.2, -0.15) is 5.26 Å². The van der Waals surface area contributed by atoms with Crippen LogP contribution in [0, 0.1) is 11.3 Å². The van der Waals surface area contributed by atoms with E-state index in [0.29, 0.717) is 16.4 Å². The largest absolute Gasteiger partial charge is 0.497 e. The van der Waals surface area contributed by atoms with Crippen LogP contribution in [0.15, 0.2) is 35.9 Å². The Morgan fingerprint density at radius 2 is 2.05 bits per heavy atom. The van der Waals surface area contributed by atoms with Crippen LogP contribution in [-0.2, 0) is 4.79 Å². The van der Waals surface area contributed by atoms with Crippen LogP contribution in [0.3, 0.4) is 0 Å². The minimum absolute atomic E-state index is 0.296. The minimum Gasteiger partial charge on any atom is -0.497 e. The summed E-state index contributed by atoms with van der Waals surface area (Å²) < 4.78 is 10.5. The Kier molecular flexibility index (Phi) is 4.81. The van der Waals surface area contributed by atoms with Gasteiger partial charge in [0.15, 0.2) is 0 Å². The molecule has 6 heteroatoms. The molecule has 112 valence electrons. The molecule has 1 aromatic heterocycles. The van der Waals surface area contributed by atoms with Gasteiger partial charge in [-0.15, -0.1) is 11.3 Å². The number of nitrogens with zero attached hydrogens (tertiary/aromatic N) is 1. The topological polar surface area (TPSA) is 79.5 Å². The van der Waals surface area contributed by atoms with Crippen LogP contribution in [-0.4, -0.2) is 25.3 Å². The van der Waals surface area contributed by atoms with Crippen molar-refractivity contribution in [2.45, 2.75) is 0 Å². The monoisotopic (exact) mass is 315 g/mol. The van der Waals surface area contributed by atoms with Crippen LogP contribution >= 0.6 is 11.3 Å². The first kappa shape index (κ1) is 15.6. The number of thiophene rings is 1. The molecule has 0 saturated heterocycles. The second-order valence-electron chi connectivity index (χ2n) is 4.24. The van der Waals surface area contributed by atoms with E-state index in [1.807, 2.05) is 18.2 Å². The molecule has 0 saturated carbocycles. The number of carboxylic acids is 1. The van der Waals surface area contributed by atoms with Gasteiger partial charge in [0.05, 0.1) is 14.2 Å². The summed E-state index contributed by atoms with van der Waals surface area (Å²) in [6.45, 7) is 0. The lowest BCUT2D eigenvalue weighted by atomic mass is 10.1. The number of carboxylic acid groups (broad SMARTS) is 1. The molecule has 0 aliphatic carbocycles. The van der Waals surface area contributed by atoms with Gasteiger partial charge in [-0.25, -0.2) is 4.79 Å². The van der Waals surface area contributed by atoms with Crippen LogP contribution in [0.2, 0.25) is 0 Å². The lowest BCUT2D eigenvalue weighted by molar-refractivity contribution is -0.132. The number of aliphatic carboxylic acids is 1. The van der Waals surface area contributed by atoms with Crippen molar-refractivity contribution in [3.05, 3.63) is 40.8 Å². The zero-order valence-corrected chi connectivity index (χ0v) is 12.8. The Balaban J connectivity index is 2.41. The van der Waals surface area contributed by atoms with Crippen molar-refractivity contribution in [2.75, 3.05) is 14.2 Å². The molecule has 2 rings (SSSR count). The maximum atomic E-state index is 10.9. The van der Waals surface area contributed by atoms with E-state index in [0.717, 1.165) is 10.4 Å². The Labute approximate surface area is 131 Å². The van der Waals surface area contributed by atoms with Crippen molar-refractivity contribution in [1.82, 2.24) is 0 Å². The zero-order chi connectivity index (χ0) is 16.1. The maximum absolute atomic E-state index is 10.9. The predicted molar refractivity (Wildman–Crippen MR) is 84.1 cm³/mol. The van der Waals surface area contributed by atoms with Crippen LogP contribution in [0.25, 0.3) is 16.5 Å². The van der Waals surface area contributed by atoms with E-state index in [9.17, 15) is 4.79 Å². The highest BCUT2D eigenvalue weighted by atomic mass is 32.1. The fourth-order valence-electron chi connectivity index (χ4n) is 1.86. The number of rotatable bonds is 5. The third-order valence-electron chi connectivity index (χ3n) is 2.94. The second kappa shape index (κ2) is 6.78. The normalized spacial score (nSPS) is 10.9. The van der Waals surface area contributed by atoms with Crippen molar-refractivity contribution in [3.63, 3.8) is 0 Å². The van der Waals surface area contributed by atoms with Crippen molar-refractivity contribution in [1.29, 1.82) is 5.26 Å². The third kappa shape index (κ3) is 3.27. The molecule has 1 aromatic carbocycles. The van der Waals surface area contributed by atoms with Gasteiger partial charge in [0, 0.05) is 21.4 Å². The van der Waals surface area contributed by atoms with Crippen LogP contribution in [0.1, 0.15) is 4.88 Å². The summed E-state index contributed by atoms with van der Waals surface area (Å²) in [6.07, 6.45) is 1.35. The molecule has 1 N–H and O–H groups in total. The fraction of sp³-hybridized carbons (Fsp3) is 0.125. The smallest absolute Gasteiger partial charge is 0.346 e. The molecular weight excluding hydrogens is 302 g/mol. The average Bonchev–Trinajstić information content (AvgIpc) is 2.99. The Bertz CT molecular complexity index is 771. The van der Waals surface area contributed by atoms with Gasteiger partial charge in [-0.05, 0) is 30.3 Å². The molecule has 0 spiro atoms. The summed E-state index contributed by atoms with van der Waals surface area (Å²) in [7, 11) is 3.16. The van der Waals surface area contributed by atoms with Gasteiger partial charge in [0.2, 0.25) is 0 Å². The fourth-order valence-corrected chi connectivity index (χ4v) is 2.84. The van der Waals surface area contributed by atoms with Gasteiger partial charge in [0.1, 0.15) is 23.1 Å². The summed E-state index contributed by atoms with van der Waals surface area (Å²) >= 11 is 1.38. The molecule has 5 nitrogen and oxygen atoms in total. The summed E-state index contributed by atoms with van der Waals surface area (Å²) in [6, 6.07) is 10.8. The standard InChI is InChI=1S/C16H13NO4S/c1-20-11-3-5-13(14(8-11)21-2)15-6-4-12(22-15)7-10(9-17)16(18)19/h3-8H,1-2H3,(H,18,19)/b10-7-. The summed E-state index contributed by atoms with van der Waals surface area (Å²) in [5.74, 6) is 0.116. The molecule has 1 heterocycles. The number of benzene rings is 1.